The number of hydrogen-bond acceptors (Lipinski definition) is 6. The standard InChI is InChI=1S/C20H22Cl2N4O2/c1-4-24-9-13(2)19(28-11-14-5-6-15(21)7-17(14)22)18-20(24)26-12-25(27-3)10-16(26)8-23-18/h5-10,19H,4,11-12H2,1-3H3. The second kappa shape index (κ2) is 7.79. The van der Waals surface area contributed by atoms with E-state index in [2.05, 4.69) is 29.8 Å². The Morgan fingerprint density at radius 2 is 2.07 bits per heavy atom. The average molecular weight is 421 g/mol. The smallest absolute Gasteiger partial charge is 0.139 e. The van der Waals surface area contributed by atoms with Gasteiger partial charge in [0, 0.05) is 22.8 Å². The van der Waals surface area contributed by atoms with Crippen LogP contribution >= 0.6 is 23.2 Å². The SMILES string of the molecule is CCN1C=C(C)C(OCc2ccc(Cl)cc2Cl)C2=C1N1CN(OC)C=C1C=N2. The van der Waals surface area contributed by atoms with Gasteiger partial charge in [-0.2, -0.15) is 0 Å². The highest BCUT2D eigenvalue weighted by atomic mass is 35.5. The summed E-state index contributed by atoms with van der Waals surface area (Å²) >= 11 is 12.3. The van der Waals surface area contributed by atoms with Crippen molar-refractivity contribution in [2.45, 2.75) is 26.6 Å². The molecule has 6 nitrogen and oxygen atoms in total. The van der Waals surface area contributed by atoms with E-state index >= 15 is 0 Å². The Balaban J connectivity index is 1.62. The third kappa shape index (κ3) is 3.42. The number of benzene rings is 1. The quantitative estimate of drug-likeness (QED) is 0.707. The predicted octanol–water partition coefficient (Wildman–Crippen LogP) is 4.35. The molecule has 1 unspecified atom stereocenters. The van der Waals surface area contributed by atoms with Gasteiger partial charge in [0.15, 0.2) is 0 Å². The molecule has 3 aliphatic rings. The maximum atomic E-state index is 6.31. The van der Waals surface area contributed by atoms with Gasteiger partial charge in [-0.05, 0) is 37.1 Å². The van der Waals surface area contributed by atoms with Crippen LogP contribution in [-0.2, 0) is 16.2 Å². The summed E-state index contributed by atoms with van der Waals surface area (Å²) in [6.07, 6.45) is 5.67. The van der Waals surface area contributed by atoms with Crippen molar-refractivity contribution >= 4 is 29.4 Å². The molecule has 28 heavy (non-hydrogen) atoms. The third-order valence-corrected chi connectivity index (χ3v) is 5.57. The lowest BCUT2D eigenvalue weighted by molar-refractivity contribution is -0.0970. The van der Waals surface area contributed by atoms with Crippen LogP contribution in [0.4, 0.5) is 0 Å². The van der Waals surface area contributed by atoms with Gasteiger partial charge in [-0.1, -0.05) is 29.3 Å². The maximum Gasteiger partial charge on any atom is 0.139 e. The monoisotopic (exact) mass is 420 g/mol. The zero-order valence-electron chi connectivity index (χ0n) is 16.0. The molecule has 3 aliphatic heterocycles. The molecule has 1 aromatic carbocycles. The fourth-order valence-electron chi connectivity index (χ4n) is 3.55. The van der Waals surface area contributed by atoms with Crippen LogP contribution < -0.4 is 0 Å². The molecule has 0 aromatic heterocycles. The van der Waals surface area contributed by atoms with Gasteiger partial charge < -0.3 is 14.5 Å². The minimum absolute atomic E-state index is 0.251. The summed E-state index contributed by atoms with van der Waals surface area (Å²) in [6.45, 7) is 5.99. The summed E-state index contributed by atoms with van der Waals surface area (Å²) in [6, 6.07) is 5.44. The zero-order valence-corrected chi connectivity index (χ0v) is 17.5. The molecule has 1 aromatic rings. The Hall–Kier alpha value is -1.99. The van der Waals surface area contributed by atoms with Gasteiger partial charge in [0.1, 0.15) is 24.3 Å². The second-order valence-corrected chi connectivity index (χ2v) is 7.62. The Morgan fingerprint density at radius 3 is 2.79 bits per heavy atom. The highest BCUT2D eigenvalue weighted by molar-refractivity contribution is 6.35. The fourth-order valence-corrected chi connectivity index (χ4v) is 4.02. The topological polar surface area (TPSA) is 40.5 Å². The van der Waals surface area contributed by atoms with E-state index in [9.17, 15) is 0 Å². The van der Waals surface area contributed by atoms with Crippen LogP contribution in [0.15, 0.2) is 58.4 Å². The van der Waals surface area contributed by atoms with Crippen LogP contribution in [0.25, 0.3) is 0 Å². The van der Waals surface area contributed by atoms with Crippen molar-refractivity contribution in [1.82, 2.24) is 14.9 Å². The van der Waals surface area contributed by atoms with Crippen LogP contribution in [0, 0.1) is 0 Å². The molecule has 0 bridgehead atoms. The highest BCUT2D eigenvalue weighted by Gasteiger charge is 2.37. The van der Waals surface area contributed by atoms with Crippen LogP contribution in [-0.4, -0.2) is 47.5 Å². The Morgan fingerprint density at radius 1 is 1.25 bits per heavy atom. The summed E-state index contributed by atoms with van der Waals surface area (Å²) in [4.78, 5) is 14.5. The molecule has 0 fully saturated rings. The lowest BCUT2D eigenvalue weighted by Crippen LogP contribution is -2.41. The maximum absolute atomic E-state index is 6.31. The number of aliphatic imine (C=N–C) groups is 1. The number of nitrogens with zero attached hydrogens (tertiary/aromatic N) is 4. The van der Waals surface area contributed by atoms with E-state index in [0.29, 0.717) is 23.3 Å². The largest absolute Gasteiger partial charge is 0.363 e. The van der Waals surface area contributed by atoms with E-state index in [1.807, 2.05) is 24.5 Å². The van der Waals surface area contributed by atoms with Crippen LogP contribution in [0.2, 0.25) is 10.0 Å². The molecule has 0 amide bonds. The van der Waals surface area contributed by atoms with Crippen molar-refractivity contribution in [1.29, 1.82) is 0 Å². The Bertz CT molecular complexity index is 909. The Labute approximate surface area is 174 Å². The van der Waals surface area contributed by atoms with Gasteiger partial charge in [0.2, 0.25) is 0 Å². The van der Waals surface area contributed by atoms with Crippen molar-refractivity contribution in [3.8, 4) is 0 Å². The van der Waals surface area contributed by atoms with Gasteiger partial charge in [-0.15, -0.1) is 0 Å². The van der Waals surface area contributed by atoms with Crippen LogP contribution in [0.5, 0.6) is 0 Å². The van der Waals surface area contributed by atoms with E-state index < -0.39 is 0 Å². The molecule has 0 spiro atoms. The first-order valence-electron chi connectivity index (χ1n) is 9.10. The molecule has 0 radical (unpaired) electrons. The number of fused-ring (bicyclic) bond motifs is 2. The van der Waals surface area contributed by atoms with Crippen molar-refractivity contribution in [2.24, 2.45) is 4.99 Å². The lowest BCUT2D eigenvalue weighted by Gasteiger charge is -2.40. The fraction of sp³-hybridized carbons (Fsp3) is 0.350. The summed E-state index contributed by atoms with van der Waals surface area (Å²) in [5.41, 5.74) is 3.87. The Kier molecular flexibility index (Phi) is 5.38. The number of hydrogen-bond donors (Lipinski definition) is 0. The molecule has 8 heteroatoms. The first-order chi connectivity index (χ1) is 13.5. The molecule has 0 saturated heterocycles. The summed E-state index contributed by atoms with van der Waals surface area (Å²) in [7, 11) is 1.66. The minimum atomic E-state index is -0.251. The number of ether oxygens (including phenoxy) is 1. The van der Waals surface area contributed by atoms with E-state index in [4.69, 9.17) is 37.8 Å². The molecule has 0 saturated carbocycles. The molecular weight excluding hydrogens is 399 g/mol. The average Bonchev–Trinajstić information content (AvgIpc) is 3.11. The van der Waals surface area contributed by atoms with Gasteiger partial charge >= 0.3 is 0 Å². The minimum Gasteiger partial charge on any atom is -0.363 e. The van der Waals surface area contributed by atoms with Gasteiger partial charge in [0.25, 0.3) is 0 Å². The normalized spacial score (nSPS) is 21.0. The number of rotatable bonds is 5. The van der Waals surface area contributed by atoms with Crippen molar-refractivity contribution < 1.29 is 9.57 Å². The predicted molar refractivity (Wildman–Crippen MR) is 110 cm³/mol. The van der Waals surface area contributed by atoms with E-state index in [0.717, 1.165) is 34.9 Å². The second-order valence-electron chi connectivity index (χ2n) is 6.78. The molecule has 0 N–H and O–H groups in total. The van der Waals surface area contributed by atoms with E-state index in [1.54, 1.807) is 18.2 Å². The van der Waals surface area contributed by atoms with Crippen LogP contribution in [0.1, 0.15) is 19.4 Å². The molecule has 1 atom stereocenters. The first-order valence-corrected chi connectivity index (χ1v) is 9.86. The zero-order chi connectivity index (χ0) is 19.8. The van der Waals surface area contributed by atoms with Crippen LogP contribution in [0.3, 0.4) is 0 Å². The summed E-state index contributed by atoms with van der Waals surface area (Å²) < 4.78 is 6.28. The van der Waals surface area contributed by atoms with Crippen molar-refractivity contribution in [3.05, 3.63) is 69.0 Å². The van der Waals surface area contributed by atoms with Gasteiger partial charge in [0.05, 0.1) is 31.8 Å². The van der Waals surface area contributed by atoms with E-state index in [1.165, 1.54) is 0 Å². The highest BCUT2D eigenvalue weighted by Crippen LogP contribution is 2.37. The van der Waals surface area contributed by atoms with Gasteiger partial charge in [-0.25, -0.2) is 5.06 Å². The van der Waals surface area contributed by atoms with Crippen molar-refractivity contribution in [3.63, 3.8) is 0 Å². The molecule has 4 rings (SSSR count). The third-order valence-electron chi connectivity index (χ3n) is 4.98. The molecule has 3 heterocycles. The summed E-state index contributed by atoms with van der Waals surface area (Å²) in [5.74, 6) is 1.02. The summed E-state index contributed by atoms with van der Waals surface area (Å²) in [5, 5.41) is 2.99. The number of halogens is 2. The lowest BCUT2D eigenvalue weighted by atomic mass is 10.0. The number of allylic oxidation sites excluding steroid dienone is 1. The van der Waals surface area contributed by atoms with Crippen molar-refractivity contribution in [2.75, 3.05) is 20.3 Å². The molecule has 148 valence electrons. The first kappa shape index (κ1) is 19.3. The molecular formula is C20H22Cl2N4O2. The van der Waals surface area contributed by atoms with E-state index in [-0.39, 0.29) is 6.10 Å². The van der Waals surface area contributed by atoms with Gasteiger partial charge in [-0.3, -0.25) is 9.83 Å². The number of hydroxylamine groups is 2. The molecule has 0 aliphatic carbocycles.